The molecule has 2 aliphatic heterocycles. The highest BCUT2D eigenvalue weighted by molar-refractivity contribution is 4.82. The van der Waals surface area contributed by atoms with E-state index >= 15 is 0 Å². The van der Waals surface area contributed by atoms with Crippen LogP contribution in [-0.4, -0.2) is 73.0 Å². The minimum Gasteiger partial charge on any atom is -0.391 e. The molecule has 100 valence electrons. The summed E-state index contributed by atoms with van der Waals surface area (Å²) in [6.45, 7) is 11.3. The fraction of sp³-hybridized carbons (Fsp3) is 1.00. The van der Waals surface area contributed by atoms with E-state index in [0.29, 0.717) is 12.0 Å². The Kier molecular flexibility index (Phi) is 4.79. The first-order chi connectivity index (χ1) is 8.20. The number of piperazine rings is 1. The molecular formula is C13H26N2O2. The largest absolute Gasteiger partial charge is 0.391 e. The van der Waals surface area contributed by atoms with Gasteiger partial charge in [-0.05, 0) is 19.9 Å². The number of β-amino-alcohol motifs (C(OH)–C–C–N with tert-alkyl or cyclic N) is 1. The zero-order valence-electron chi connectivity index (χ0n) is 11.1. The van der Waals surface area contributed by atoms with Gasteiger partial charge in [-0.25, -0.2) is 0 Å². The number of rotatable bonds is 4. The quantitative estimate of drug-likeness (QED) is 0.774. The predicted octanol–water partition coefficient (Wildman–Crippen LogP) is 0.410. The second-order valence-corrected chi connectivity index (χ2v) is 5.43. The van der Waals surface area contributed by atoms with Gasteiger partial charge in [-0.2, -0.15) is 0 Å². The molecule has 3 atom stereocenters. The summed E-state index contributed by atoms with van der Waals surface area (Å²) in [6, 6.07) is 0.612. The maximum absolute atomic E-state index is 10.2. The van der Waals surface area contributed by atoms with Crippen molar-refractivity contribution in [2.75, 3.05) is 45.9 Å². The molecule has 0 saturated carbocycles. The monoisotopic (exact) mass is 242 g/mol. The fourth-order valence-electron chi connectivity index (χ4n) is 2.98. The Balaban J connectivity index is 1.76. The number of aliphatic hydroxyl groups is 1. The van der Waals surface area contributed by atoms with E-state index in [-0.39, 0.29) is 6.10 Å². The van der Waals surface area contributed by atoms with Gasteiger partial charge in [-0.3, -0.25) is 9.80 Å². The first-order valence-corrected chi connectivity index (χ1v) is 6.93. The van der Waals surface area contributed by atoms with Gasteiger partial charge in [-0.1, -0.05) is 6.92 Å². The predicted molar refractivity (Wildman–Crippen MR) is 68.1 cm³/mol. The second-order valence-electron chi connectivity index (χ2n) is 5.43. The van der Waals surface area contributed by atoms with Crippen molar-refractivity contribution in [3.05, 3.63) is 0 Å². The maximum atomic E-state index is 10.2. The van der Waals surface area contributed by atoms with Crippen LogP contribution in [-0.2, 0) is 4.74 Å². The van der Waals surface area contributed by atoms with Crippen LogP contribution < -0.4 is 0 Å². The molecule has 0 radical (unpaired) electrons. The maximum Gasteiger partial charge on any atom is 0.0718 e. The van der Waals surface area contributed by atoms with E-state index in [1.807, 2.05) is 0 Å². The molecule has 4 heteroatoms. The smallest absolute Gasteiger partial charge is 0.0718 e. The third-order valence-corrected chi connectivity index (χ3v) is 4.21. The lowest BCUT2D eigenvalue weighted by molar-refractivity contribution is 0.0221. The number of likely N-dealkylation sites (N-methyl/N-ethyl adjacent to an activating group) is 1. The molecule has 2 aliphatic rings. The topological polar surface area (TPSA) is 35.9 Å². The van der Waals surface area contributed by atoms with Crippen LogP contribution in [0.2, 0.25) is 0 Å². The standard InChI is InChI=1S/C13H26N2O2/c1-3-15-6-5-14(8-11(15)2)9-13(16)12-4-7-17-10-12/h11-13,16H,3-10H2,1-2H3. The Morgan fingerprint density at radius 3 is 2.82 bits per heavy atom. The Hall–Kier alpha value is -0.160. The van der Waals surface area contributed by atoms with Gasteiger partial charge in [-0.15, -0.1) is 0 Å². The van der Waals surface area contributed by atoms with E-state index in [0.717, 1.165) is 52.4 Å². The van der Waals surface area contributed by atoms with Crippen molar-refractivity contribution < 1.29 is 9.84 Å². The normalized spacial score (nSPS) is 34.1. The molecule has 2 rings (SSSR count). The number of nitrogens with zero attached hydrogens (tertiary/aromatic N) is 2. The van der Waals surface area contributed by atoms with E-state index in [1.165, 1.54) is 0 Å². The van der Waals surface area contributed by atoms with Crippen LogP contribution in [0.4, 0.5) is 0 Å². The number of ether oxygens (including phenoxy) is 1. The van der Waals surface area contributed by atoms with Gasteiger partial charge in [0, 0.05) is 44.7 Å². The molecule has 2 fully saturated rings. The number of hydrogen-bond donors (Lipinski definition) is 1. The molecule has 4 nitrogen and oxygen atoms in total. The molecule has 0 aromatic rings. The zero-order valence-corrected chi connectivity index (χ0v) is 11.1. The molecule has 0 amide bonds. The summed E-state index contributed by atoms with van der Waals surface area (Å²) in [4.78, 5) is 4.90. The molecule has 2 heterocycles. The van der Waals surface area contributed by atoms with Crippen molar-refractivity contribution in [2.24, 2.45) is 5.92 Å². The fourth-order valence-corrected chi connectivity index (χ4v) is 2.98. The van der Waals surface area contributed by atoms with Crippen molar-refractivity contribution in [3.8, 4) is 0 Å². The van der Waals surface area contributed by atoms with Crippen LogP contribution in [0.3, 0.4) is 0 Å². The third kappa shape index (κ3) is 3.41. The highest BCUT2D eigenvalue weighted by Gasteiger charge is 2.28. The van der Waals surface area contributed by atoms with E-state index in [1.54, 1.807) is 0 Å². The molecule has 2 saturated heterocycles. The van der Waals surface area contributed by atoms with Gasteiger partial charge in [0.15, 0.2) is 0 Å². The first-order valence-electron chi connectivity index (χ1n) is 6.93. The lowest BCUT2D eigenvalue weighted by atomic mass is 10.0. The second kappa shape index (κ2) is 6.14. The van der Waals surface area contributed by atoms with E-state index in [9.17, 15) is 5.11 Å². The summed E-state index contributed by atoms with van der Waals surface area (Å²) >= 11 is 0. The van der Waals surface area contributed by atoms with Gasteiger partial charge in [0.2, 0.25) is 0 Å². The van der Waals surface area contributed by atoms with Crippen molar-refractivity contribution in [1.82, 2.24) is 9.80 Å². The summed E-state index contributed by atoms with van der Waals surface area (Å²) in [5.74, 6) is 0.356. The molecule has 1 N–H and O–H groups in total. The van der Waals surface area contributed by atoms with Gasteiger partial charge in [0.1, 0.15) is 0 Å². The third-order valence-electron chi connectivity index (χ3n) is 4.21. The summed E-state index contributed by atoms with van der Waals surface area (Å²) in [5, 5.41) is 10.2. The van der Waals surface area contributed by atoms with Gasteiger partial charge in [0.05, 0.1) is 12.7 Å². The summed E-state index contributed by atoms with van der Waals surface area (Å²) in [5.41, 5.74) is 0. The molecule has 3 unspecified atom stereocenters. The summed E-state index contributed by atoms with van der Waals surface area (Å²) in [7, 11) is 0. The Bertz CT molecular complexity index is 231. The van der Waals surface area contributed by atoms with E-state index < -0.39 is 0 Å². The van der Waals surface area contributed by atoms with Crippen LogP contribution in [0, 0.1) is 5.92 Å². The van der Waals surface area contributed by atoms with Crippen molar-refractivity contribution in [2.45, 2.75) is 32.4 Å². The van der Waals surface area contributed by atoms with E-state index in [2.05, 4.69) is 23.6 Å². The Morgan fingerprint density at radius 1 is 1.41 bits per heavy atom. The van der Waals surface area contributed by atoms with Gasteiger partial charge < -0.3 is 9.84 Å². The summed E-state index contributed by atoms with van der Waals surface area (Å²) in [6.07, 6.45) is 0.809. The van der Waals surface area contributed by atoms with E-state index in [4.69, 9.17) is 4.74 Å². The molecular weight excluding hydrogens is 216 g/mol. The first kappa shape index (κ1) is 13.3. The van der Waals surface area contributed by atoms with Crippen LogP contribution in [0.1, 0.15) is 20.3 Å². The molecule has 0 aromatic carbocycles. The minimum atomic E-state index is -0.210. The average molecular weight is 242 g/mol. The zero-order chi connectivity index (χ0) is 12.3. The molecule has 0 aromatic heterocycles. The number of hydrogen-bond acceptors (Lipinski definition) is 4. The lowest BCUT2D eigenvalue weighted by Gasteiger charge is -2.40. The minimum absolute atomic E-state index is 0.210. The molecule has 0 aliphatic carbocycles. The highest BCUT2D eigenvalue weighted by atomic mass is 16.5. The van der Waals surface area contributed by atoms with Gasteiger partial charge in [0.25, 0.3) is 0 Å². The number of aliphatic hydroxyl groups excluding tert-OH is 1. The SMILES string of the molecule is CCN1CCN(CC(O)C2CCOC2)CC1C. The highest BCUT2D eigenvalue weighted by Crippen LogP contribution is 2.18. The molecule has 17 heavy (non-hydrogen) atoms. The van der Waals surface area contributed by atoms with Gasteiger partial charge >= 0.3 is 0 Å². The Morgan fingerprint density at radius 2 is 2.24 bits per heavy atom. The van der Waals surface area contributed by atoms with Crippen molar-refractivity contribution >= 4 is 0 Å². The molecule has 0 spiro atoms. The van der Waals surface area contributed by atoms with Crippen LogP contribution in [0.15, 0.2) is 0 Å². The summed E-state index contributed by atoms with van der Waals surface area (Å²) < 4.78 is 5.34. The van der Waals surface area contributed by atoms with Crippen molar-refractivity contribution in [1.29, 1.82) is 0 Å². The van der Waals surface area contributed by atoms with Crippen molar-refractivity contribution in [3.63, 3.8) is 0 Å². The van der Waals surface area contributed by atoms with Crippen LogP contribution >= 0.6 is 0 Å². The molecule has 0 bridgehead atoms. The van der Waals surface area contributed by atoms with Crippen LogP contribution in [0.25, 0.3) is 0 Å². The Labute approximate surface area is 105 Å². The average Bonchev–Trinajstić information content (AvgIpc) is 2.82. The van der Waals surface area contributed by atoms with Crippen LogP contribution in [0.5, 0.6) is 0 Å². The lowest BCUT2D eigenvalue weighted by Crippen LogP contribution is -2.53.